The molecule has 5 rings (SSSR count). The van der Waals surface area contributed by atoms with Gasteiger partial charge in [0.15, 0.2) is 0 Å². The second-order valence-electron chi connectivity index (χ2n) is 8.63. The number of Topliss-reactive ketones (excluding diaryl/α,β-unsaturated/α-hetero) is 1. The van der Waals surface area contributed by atoms with Gasteiger partial charge in [0.1, 0.15) is 17.3 Å². The van der Waals surface area contributed by atoms with E-state index in [2.05, 4.69) is 0 Å². The number of esters is 1. The Morgan fingerprint density at radius 2 is 1.72 bits per heavy atom. The minimum absolute atomic E-state index is 0.0317. The average molecular weight is 485 g/mol. The van der Waals surface area contributed by atoms with Crippen LogP contribution in [-0.2, 0) is 27.3 Å². The Hall–Kier alpha value is -4.59. The number of methoxy groups -OCH3 is 1. The molecule has 0 spiro atoms. The van der Waals surface area contributed by atoms with E-state index in [-0.39, 0.29) is 23.6 Å². The normalized spacial score (nSPS) is 18.1. The highest BCUT2D eigenvalue weighted by Crippen LogP contribution is 2.41. The molecule has 1 saturated heterocycles. The van der Waals surface area contributed by atoms with Gasteiger partial charge in [-0.3, -0.25) is 9.59 Å². The summed E-state index contributed by atoms with van der Waals surface area (Å²) in [5.74, 6) is -1.54. The van der Waals surface area contributed by atoms with Crippen molar-refractivity contribution < 1.29 is 34.1 Å². The SMILES string of the molecule is COC(=O)c1ccc(CN2C(=O)C(=O)/C(=C(\O)c3ccc4c(c3)CCO4)C2c2ccc(O)cc2)cc1. The molecule has 2 aliphatic rings. The number of benzene rings is 3. The van der Waals surface area contributed by atoms with Crippen molar-refractivity contribution in [2.75, 3.05) is 13.7 Å². The summed E-state index contributed by atoms with van der Waals surface area (Å²) in [4.78, 5) is 39.6. The first-order valence-electron chi connectivity index (χ1n) is 11.4. The van der Waals surface area contributed by atoms with Crippen LogP contribution in [-0.4, -0.2) is 46.5 Å². The molecule has 182 valence electrons. The molecule has 1 amide bonds. The van der Waals surface area contributed by atoms with E-state index in [1.165, 1.54) is 24.1 Å². The number of carbonyl (C=O) groups excluding carboxylic acids is 3. The number of phenols is 1. The highest BCUT2D eigenvalue weighted by Gasteiger charge is 2.46. The van der Waals surface area contributed by atoms with Crippen LogP contribution in [0.4, 0.5) is 0 Å². The Morgan fingerprint density at radius 1 is 1.03 bits per heavy atom. The predicted octanol–water partition coefficient (Wildman–Crippen LogP) is 3.74. The third-order valence-electron chi connectivity index (χ3n) is 6.44. The number of ether oxygens (including phenoxy) is 2. The van der Waals surface area contributed by atoms with E-state index in [1.807, 2.05) is 0 Å². The molecule has 0 aliphatic carbocycles. The molecule has 2 aliphatic heterocycles. The maximum absolute atomic E-state index is 13.2. The number of rotatable bonds is 5. The van der Waals surface area contributed by atoms with Gasteiger partial charge in [-0.25, -0.2) is 4.79 Å². The van der Waals surface area contributed by atoms with E-state index < -0.39 is 23.7 Å². The fourth-order valence-electron chi connectivity index (χ4n) is 4.60. The van der Waals surface area contributed by atoms with Crippen LogP contribution in [0.15, 0.2) is 72.3 Å². The van der Waals surface area contributed by atoms with E-state index in [1.54, 1.807) is 54.6 Å². The summed E-state index contributed by atoms with van der Waals surface area (Å²) in [5, 5.41) is 21.1. The topological polar surface area (TPSA) is 113 Å². The van der Waals surface area contributed by atoms with Gasteiger partial charge < -0.3 is 24.6 Å². The Kier molecular flexibility index (Phi) is 5.93. The Labute approximate surface area is 207 Å². The van der Waals surface area contributed by atoms with Crippen molar-refractivity contribution in [2.24, 2.45) is 0 Å². The maximum atomic E-state index is 13.2. The number of aromatic hydroxyl groups is 1. The van der Waals surface area contributed by atoms with Crippen molar-refractivity contribution in [1.82, 2.24) is 4.90 Å². The number of nitrogens with zero attached hydrogens (tertiary/aromatic N) is 1. The largest absolute Gasteiger partial charge is 0.508 e. The highest BCUT2D eigenvalue weighted by atomic mass is 16.5. The summed E-state index contributed by atoms with van der Waals surface area (Å²) in [6.45, 7) is 0.610. The summed E-state index contributed by atoms with van der Waals surface area (Å²) in [6, 6.07) is 17.0. The molecule has 1 fully saturated rings. The van der Waals surface area contributed by atoms with Crippen molar-refractivity contribution >= 4 is 23.4 Å². The predicted molar refractivity (Wildman–Crippen MR) is 129 cm³/mol. The molecular formula is C28H23NO7. The van der Waals surface area contributed by atoms with Crippen molar-refractivity contribution in [3.8, 4) is 11.5 Å². The first-order valence-corrected chi connectivity index (χ1v) is 11.4. The number of aliphatic hydroxyl groups excluding tert-OH is 1. The monoisotopic (exact) mass is 485 g/mol. The fraction of sp³-hybridized carbons (Fsp3) is 0.179. The lowest BCUT2D eigenvalue weighted by molar-refractivity contribution is -0.140. The number of carbonyl (C=O) groups is 3. The maximum Gasteiger partial charge on any atom is 0.337 e. The van der Waals surface area contributed by atoms with Gasteiger partial charge >= 0.3 is 5.97 Å². The van der Waals surface area contributed by atoms with Crippen LogP contribution in [0.2, 0.25) is 0 Å². The molecule has 2 N–H and O–H groups in total. The highest BCUT2D eigenvalue weighted by molar-refractivity contribution is 6.46. The van der Waals surface area contributed by atoms with E-state index in [0.717, 1.165) is 11.3 Å². The molecular weight excluding hydrogens is 462 g/mol. The van der Waals surface area contributed by atoms with Crippen LogP contribution in [0.1, 0.15) is 38.7 Å². The molecule has 2 heterocycles. The third kappa shape index (κ3) is 4.07. The molecule has 0 bridgehead atoms. The zero-order chi connectivity index (χ0) is 25.4. The minimum Gasteiger partial charge on any atom is -0.508 e. The van der Waals surface area contributed by atoms with Gasteiger partial charge in [0, 0.05) is 18.5 Å². The zero-order valence-corrected chi connectivity index (χ0v) is 19.4. The standard InChI is InChI=1S/C28H23NO7/c1-35-28(34)18-4-2-16(3-5-18)15-29-24(17-6-9-21(30)10-7-17)23(26(32)27(29)33)25(31)20-8-11-22-19(14-20)12-13-36-22/h2-11,14,24,30-31H,12-13,15H2,1H3/b25-23-. The number of fused-ring (bicyclic) bond motifs is 1. The lowest BCUT2D eigenvalue weighted by Crippen LogP contribution is -2.29. The number of hydrogen-bond acceptors (Lipinski definition) is 7. The van der Waals surface area contributed by atoms with Crippen molar-refractivity contribution in [3.05, 3.63) is 100 Å². The number of ketones is 1. The van der Waals surface area contributed by atoms with Gasteiger partial charge in [-0.1, -0.05) is 24.3 Å². The summed E-state index contributed by atoms with van der Waals surface area (Å²) < 4.78 is 10.3. The summed E-state index contributed by atoms with van der Waals surface area (Å²) >= 11 is 0. The van der Waals surface area contributed by atoms with Crippen molar-refractivity contribution in [3.63, 3.8) is 0 Å². The van der Waals surface area contributed by atoms with E-state index in [0.29, 0.717) is 35.3 Å². The van der Waals surface area contributed by atoms with E-state index in [4.69, 9.17) is 9.47 Å². The third-order valence-corrected chi connectivity index (χ3v) is 6.44. The van der Waals surface area contributed by atoms with Gasteiger partial charge in [0.05, 0.1) is 30.9 Å². The summed E-state index contributed by atoms with van der Waals surface area (Å²) in [6.07, 6.45) is 0.688. The molecule has 0 aromatic heterocycles. The van der Waals surface area contributed by atoms with Gasteiger partial charge in [0.2, 0.25) is 0 Å². The van der Waals surface area contributed by atoms with Crippen LogP contribution in [0.5, 0.6) is 11.5 Å². The molecule has 3 aromatic carbocycles. The zero-order valence-electron chi connectivity index (χ0n) is 19.4. The van der Waals surface area contributed by atoms with E-state index >= 15 is 0 Å². The van der Waals surface area contributed by atoms with Crippen LogP contribution >= 0.6 is 0 Å². The van der Waals surface area contributed by atoms with Crippen LogP contribution in [0.3, 0.4) is 0 Å². The van der Waals surface area contributed by atoms with Crippen LogP contribution < -0.4 is 4.74 Å². The quantitative estimate of drug-likeness (QED) is 0.245. The summed E-state index contributed by atoms with van der Waals surface area (Å²) in [5.41, 5.74) is 2.91. The summed E-state index contributed by atoms with van der Waals surface area (Å²) in [7, 11) is 1.29. The Bertz CT molecular complexity index is 1390. The lowest BCUT2D eigenvalue weighted by atomic mass is 9.94. The lowest BCUT2D eigenvalue weighted by Gasteiger charge is -2.25. The minimum atomic E-state index is -0.879. The first kappa shape index (κ1) is 23.2. The molecule has 1 atom stereocenters. The molecule has 8 nitrogen and oxygen atoms in total. The molecule has 3 aromatic rings. The number of aliphatic hydroxyl groups is 1. The number of amides is 1. The van der Waals surface area contributed by atoms with Gasteiger partial charge in [0.25, 0.3) is 11.7 Å². The second kappa shape index (κ2) is 9.22. The molecule has 8 heteroatoms. The van der Waals surface area contributed by atoms with Crippen molar-refractivity contribution in [1.29, 1.82) is 0 Å². The number of phenolic OH excluding ortho intramolecular Hbond substituents is 1. The second-order valence-corrected chi connectivity index (χ2v) is 8.63. The molecule has 1 unspecified atom stereocenters. The Balaban J connectivity index is 1.57. The molecule has 36 heavy (non-hydrogen) atoms. The number of likely N-dealkylation sites (tertiary alicyclic amines) is 1. The van der Waals surface area contributed by atoms with Gasteiger partial charge in [-0.2, -0.15) is 0 Å². The number of hydrogen-bond donors (Lipinski definition) is 2. The Morgan fingerprint density at radius 3 is 2.42 bits per heavy atom. The van der Waals surface area contributed by atoms with Crippen LogP contribution in [0.25, 0.3) is 5.76 Å². The average Bonchev–Trinajstić information content (AvgIpc) is 3.46. The first-order chi connectivity index (χ1) is 17.4. The van der Waals surface area contributed by atoms with Crippen molar-refractivity contribution in [2.45, 2.75) is 19.0 Å². The smallest absolute Gasteiger partial charge is 0.337 e. The molecule has 0 radical (unpaired) electrons. The van der Waals surface area contributed by atoms with Crippen LogP contribution in [0, 0.1) is 0 Å². The van der Waals surface area contributed by atoms with E-state index in [9.17, 15) is 24.6 Å². The fourth-order valence-corrected chi connectivity index (χ4v) is 4.60. The molecule has 0 saturated carbocycles. The van der Waals surface area contributed by atoms with Gasteiger partial charge in [-0.05, 0) is 59.2 Å². The van der Waals surface area contributed by atoms with Gasteiger partial charge in [-0.15, -0.1) is 0 Å².